The SMILES string of the molecule is CCOC(=O)c1cn2c(C(C)(C)C)cc3cc(OCC4CC4)c(Cl)nc3c2cc1=O. The molecule has 0 radical (unpaired) electrons. The molecule has 0 amide bonds. The molecule has 30 heavy (non-hydrogen) atoms. The van der Waals surface area contributed by atoms with Gasteiger partial charge in [0.15, 0.2) is 16.3 Å². The summed E-state index contributed by atoms with van der Waals surface area (Å²) in [5.74, 6) is 0.510. The second-order valence-corrected chi connectivity index (χ2v) is 9.13. The van der Waals surface area contributed by atoms with Gasteiger partial charge in [0.1, 0.15) is 5.56 Å². The number of pyridine rings is 3. The van der Waals surface area contributed by atoms with Gasteiger partial charge in [0, 0.05) is 28.8 Å². The molecule has 0 unspecified atom stereocenters. The van der Waals surface area contributed by atoms with Crippen molar-refractivity contribution in [3.63, 3.8) is 0 Å². The molecule has 7 heteroatoms. The zero-order valence-electron chi connectivity index (χ0n) is 17.6. The summed E-state index contributed by atoms with van der Waals surface area (Å²) in [4.78, 5) is 29.5. The van der Waals surface area contributed by atoms with Gasteiger partial charge in [-0.15, -0.1) is 0 Å². The first-order chi connectivity index (χ1) is 14.2. The minimum atomic E-state index is -0.633. The summed E-state index contributed by atoms with van der Waals surface area (Å²) in [7, 11) is 0. The van der Waals surface area contributed by atoms with Crippen LogP contribution < -0.4 is 10.2 Å². The fourth-order valence-corrected chi connectivity index (χ4v) is 3.66. The molecular weight excluding hydrogens is 404 g/mol. The Morgan fingerprint density at radius 1 is 1.27 bits per heavy atom. The number of ether oxygens (including phenoxy) is 2. The van der Waals surface area contributed by atoms with E-state index < -0.39 is 11.4 Å². The normalized spacial score (nSPS) is 14.3. The monoisotopic (exact) mass is 428 g/mol. The lowest BCUT2D eigenvalue weighted by Gasteiger charge is -2.24. The van der Waals surface area contributed by atoms with Crippen LogP contribution in [-0.2, 0) is 10.2 Å². The van der Waals surface area contributed by atoms with E-state index >= 15 is 0 Å². The van der Waals surface area contributed by atoms with E-state index in [0.717, 1.165) is 11.1 Å². The molecule has 0 bridgehead atoms. The third-order valence-electron chi connectivity index (χ3n) is 5.25. The van der Waals surface area contributed by atoms with Crippen molar-refractivity contribution in [1.29, 1.82) is 0 Å². The molecule has 1 aliphatic carbocycles. The topological polar surface area (TPSA) is 69.9 Å². The predicted octanol–water partition coefficient (Wildman–Crippen LogP) is 4.76. The highest BCUT2D eigenvalue weighted by atomic mass is 35.5. The second kappa shape index (κ2) is 7.58. The summed E-state index contributed by atoms with van der Waals surface area (Å²) in [6, 6.07) is 5.32. The van der Waals surface area contributed by atoms with Crippen LogP contribution in [0.15, 0.2) is 29.2 Å². The Hall–Kier alpha value is -2.60. The largest absolute Gasteiger partial charge is 0.490 e. The van der Waals surface area contributed by atoms with Crippen molar-refractivity contribution in [2.75, 3.05) is 13.2 Å². The van der Waals surface area contributed by atoms with Crippen LogP contribution in [0.3, 0.4) is 0 Å². The van der Waals surface area contributed by atoms with Gasteiger partial charge in [-0.1, -0.05) is 32.4 Å². The van der Waals surface area contributed by atoms with Crippen molar-refractivity contribution >= 4 is 34.0 Å². The number of aromatic nitrogens is 2. The lowest BCUT2D eigenvalue weighted by Crippen LogP contribution is -2.22. The van der Waals surface area contributed by atoms with Crippen molar-refractivity contribution in [2.45, 2.75) is 46.0 Å². The molecule has 0 atom stereocenters. The van der Waals surface area contributed by atoms with E-state index in [1.54, 1.807) is 13.1 Å². The molecule has 1 aliphatic rings. The molecule has 0 aliphatic heterocycles. The smallest absolute Gasteiger partial charge is 0.343 e. The molecule has 1 fully saturated rings. The lowest BCUT2D eigenvalue weighted by molar-refractivity contribution is 0.0524. The first-order valence-electron chi connectivity index (χ1n) is 10.2. The third kappa shape index (κ3) is 3.88. The highest BCUT2D eigenvalue weighted by Gasteiger charge is 2.24. The minimum absolute atomic E-state index is 0.00492. The molecule has 3 heterocycles. The summed E-state index contributed by atoms with van der Waals surface area (Å²) >= 11 is 6.40. The Labute approximate surface area is 179 Å². The van der Waals surface area contributed by atoms with E-state index in [1.807, 2.05) is 16.5 Å². The maximum Gasteiger partial charge on any atom is 0.343 e. The number of nitrogens with zero attached hydrogens (tertiary/aromatic N) is 2. The summed E-state index contributed by atoms with van der Waals surface area (Å²) < 4.78 is 12.8. The van der Waals surface area contributed by atoms with Gasteiger partial charge in [-0.05, 0) is 37.8 Å². The molecule has 3 aromatic rings. The number of rotatable bonds is 5. The van der Waals surface area contributed by atoms with E-state index in [-0.39, 0.29) is 22.7 Å². The highest BCUT2D eigenvalue weighted by molar-refractivity contribution is 6.31. The number of hydrogen-bond donors (Lipinski definition) is 0. The molecule has 0 spiro atoms. The van der Waals surface area contributed by atoms with Gasteiger partial charge in [-0.25, -0.2) is 9.78 Å². The second-order valence-electron chi connectivity index (χ2n) is 8.78. The van der Waals surface area contributed by atoms with Gasteiger partial charge in [0.25, 0.3) is 0 Å². The van der Waals surface area contributed by atoms with Gasteiger partial charge in [-0.2, -0.15) is 0 Å². The maximum absolute atomic E-state index is 12.7. The first-order valence-corrected chi connectivity index (χ1v) is 10.6. The first kappa shape index (κ1) is 20.7. The number of esters is 1. The van der Waals surface area contributed by atoms with Crippen molar-refractivity contribution in [2.24, 2.45) is 5.92 Å². The molecule has 6 nitrogen and oxygen atoms in total. The van der Waals surface area contributed by atoms with Crippen molar-refractivity contribution in [3.8, 4) is 5.75 Å². The molecule has 1 saturated carbocycles. The van der Waals surface area contributed by atoms with Crippen molar-refractivity contribution < 1.29 is 14.3 Å². The molecular formula is C23H25ClN2O4. The van der Waals surface area contributed by atoms with Crippen LogP contribution in [0.5, 0.6) is 5.75 Å². The Morgan fingerprint density at radius 3 is 2.63 bits per heavy atom. The summed E-state index contributed by atoms with van der Waals surface area (Å²) in [5.41, 5.74) is 1.42. The van der Waals surface area contributed by atoms with Crippen molar-refractivity contribution in [1.82, 2.24) is 9.38 Å². The van der Waals surface area contributed by atoms with Crippen LogP contribution in [-0.4, -0.2) is 28.6 Å². The number of hydrogen-bond acceptors (Lipinski definition) is 5. The van der Waals surface area contributed by atoms with Gasteiger partial charge in [-0.3, -0.25) is 4.79 Å². The van der Waals surface area contributed by atoms with Crippen LogP contribution >= 0.6 is 11.6 Å². The predicted molar refractivity (Wildman–Crippen MR) is 117 cm³/mol. The average molecular weight is 429 g/mol. The molecule has 158 valence electrons. The van der Waals surface area contributed by atoms with Crippen LogP contribution in [0.2, 0.25) is 5.15 Å². The standard InChI is InChI=1S/C23H25ClN2O4/c1-5-29-22(28)15-11-26-16(10-17(15)27)20-14(9-19(26)23(2,3)4)8-18(21(24)25-20)30-12-13-6-7-13/h8-11,13H,5-7,12H2,1-4H3. The van der Waals surface area contributed by atoms with Gasteiger partial charge >= 0.3 is 5.97 Å². The Balaban J connectivity index is 1.97. The van der Waals surface area contributed by atoms with Gasteiger partial charge < -0.3 is 13.9 Å². The van der Waals surface area contributed by atoms with E-state index in [4.69, 9.17) is 21.1 Å². The maximum atomic E-state index is 12.7. The quantitative estimate of drug-likeness (QED) is 0.333. The van der Waals surface area contributed by atoms with E-state index in [0.29, 0.717) is 29.3 Å². The van der Waals surface area contributed by atoms with Gasteiger partial charge in [0.2, 0.25) is 0 Å². The molecule has 0 saturated heterocycles. The lowest BCUT2D eigenvalue weighted by atomic mass is 9.90. The van der Waals surface area contributed by atoms with E-state index in [2.05, 4.69) is 25.8 Å². The van der Waals surface area contributed by atoms with Gasteiger partial charge in [0.05, 0.1) is 24.2 Å². The average Bonchev–Trinajstić information content (AvgIpc) is 3.49. The van der Waals surface area contributed by atoms with Crippen molar-refractivity contribution in [3.05, 3.63) is 51.0 Å². The Bertz CT molecular complexity index is 1210. The van der Waals surface area contributed by atoms with Crippen LogP contribution in [0, 0.1) is 5.92 Å². The molecule has 0 N–H and O–H groups in total. The van der Waals surface area contributed by atoms with E-state index in [9.17, 15) is 9.59 Å². The fourth-order valence-electron chi connectivity index (χ4n) is 3.47. The number of halogens is 1. The zero-order valence-corrected chi connectivity index (χ0v) is 18.4. The van der Waals surface area contributed by atoms with Crippen LogP contribution in [0.4, 0.5) is 0 Å². The van der Waals surface area contributed by atoms with Crippen LogP contribution in [0.1, 0.15) is 56.6 Å². The Morgan fingerprint density at radius 2 is 2.00 bits per heavy atom. The molecule has 0 aromatic carbocycles. The summed E-state index contributed by atoms with van der Waals surface area (Å²) in [6.45, 7) is 8.76. The molecule has 3 aromatic heterocycles. The molecule has 4 rings (SSSR count). The van der Waals surface area contributed by atoms with E-state index in [1.165, 1.54) is 18.9 Å². The zero-order chi connectivity index (χ0) is 21.6. The third-order valence-corrected chi connectivity index (χ3v) is 5.52. The summed E-state index contributed by atoms with van der Waals surface area (Å²) in [5, 5.41) is 1.09. The minimum Gasteiger partial charge on any atom is -0.490 e. The van der Waals surface area contributed by atoms with Crippen LogP contribution in [0.25, 0.3) is 16.4 Å². The fraction of sp³-hybridized carbons (Fsp3) is 0.435. The highest BCUT2D eigenvalue weighted by Crippen LogP contribution is 2.35. The summed E-state index contributed by atoms with van der Waals surface area (Å²) in [6.07, 6.45) is 3.91. The number of carbonyl (C=O) groups is 1. The number of fused-ring (bicyclic) bond motifs is 3. The number of carbonyl (C=O) groups excluding carboxylic acids is 1. The Kier molecular flexibility index (Phi) is 5.22.